The molecule has 0 aliphatic carbocycles. The molecule has 2 N–H and O–H groups in total. The standard InChI is InChI=1S/C21H17F2N3O2/c1-13-5-2-3-6-15(13)12-25-21(28)18-11-14(9-10-24-18)20(27)26-19-16(22)7-4-8-17(19)23/h2-11H,12H2,1H3,(H,25,28)(H,26,27). The number of aryl methyl sites for hydroxylation is 1. The number of para-hydroxylation sites is 1. The van der Waals surface area contributed by atoms with Gasteiger partial charge in [-0.25, -0.2) is 8.78 Å². The van der Waals surface area contributed by atoms with Gasteiger partial charge in [-0.3, -0.25) is 14.6 Å². The third-order valence-corrected chi connectivity index (χ3v) is 4.16. The van der Waals surface area contributed by atoms with E-state index in [2.05, 4.69) is 15.6 Å². The van der Waals surface area contributed by atoms with Gasteiger partial charge in [0.1, 0.15) is 23.0 Å². The number of nitrogens with zero attached hydrogens (tertiary/aromatic N) is 1. The van der Waals surface area contributed by atoms with Crippen LogP contribution in [0.1, 0.15) is 32.0 Å². The second kappa shape index (κ2) is 8.39. The van der Waals surface area contributed by atoms with Crippen molar-refractivity contribution in [3.05, 3.63) is 94.8 Å². The number of benzene rings is 2. The summed E-state index contributed by atoms with van der Waals surface area (Å²) in [5.74, 6) is -2.99. The minimum Gasteiger partial charge on any atom is -0.347 e. The van der Waals surface area contributed by atoms with E-state index in [-0.39, 0.29) is 11.3 Å². The van der Waals surface area contributed by atoms with Crippen molar-refractivity contribution in [2.75, 3.05) is 5.32 Å². The Bertz CT molecular complexity index is 1020. The Morgan fingerprint density at radius 1 is 0.964 bits per heavy atom. The molecule has 3 rings (SSSR count). The van der Waals surface area contributed by atoms with Gasteiger partial charge in [0.2, 0.25) is 0 Å². The summed E-state index contributed by atoms with van der Waals surface area (Å²) < 4.78 is 27.4. The van der Waals surface area contributed by atoms with Crippen LogP contribution in [-0.4, -0.2) is 16.8 Å². The van der Waals surface area contributed by atoms with Gasteiger partial charge in [-0.05, 0) is 42.3 Å². The molecule has 0 spiro atoms. The maximum atomic E-state index is 13.7. The summed E-state index contributed by atoms with van der Waals surface area (Å²) in [4.78, 5) is 28.6. The number of aromatic nitrogens is 1. The van der Waals surface area contributed by atoms with Gasteiger partial charge in [0.15, 0.2) is 0 Å². The SMILES string of the molecule is Cc1ccccc1CNC(=O)c1cc(C(=O)Nc2c(F)cccc2F)ccn1. The van der Waals surface area contributed by atoms with Gasteiger partial charge in [-0.1, -0.05) is 30.3 Å². The molecule has 1 heterocycles. The number of rotatable bonds is 5. The van der Waals surface area contributed by atoms with E-state index >= 15 is 0 Å². The average Bonchev–Trinajstić information content (AvgIpc) is 2.70. The Morgan fingerprint density at radius 3 is 2.39 bits per heavy atom. The topological polar surface area (TPSA) is 71.1 Å². The third-order valence-electron chi connectivity index (χ3n) is 4.16. The number of pyridine rings is 1. The zero-order chi connectivity index (χ0) is 20.1. The maximum absolute atomic E-state index is 13.7. The number of halogens is 2. The summed E-state index contributed by atoms with van der Waals surface area (Å²) >= 11 is 0. The fourth-order valence-electron chi connectivity index (χ4n) is 2.57. The number of amides is 2. The number of carbonyl (C=O) groups is 2. The zero-order valence-corrected chi connectivity index (χ0v) is 15.0. The van der Waals surface area contributed by atoms with Crippen molar-refractivity contribution >= 4 is 17.5 Å². The fraction of sp³-hybridized carbons (Fsp3) is 0.0952. The zero-order valence-electron chi connectivity index (χ0n) is 15.0. The van der Waals surface area contributed by atoms with Gasteiger partial charge in [-0.2, -0.15) is 0 Å². The number of hydrogen-bond donors (Lipinski definition) is 2. The van der Waals surface area contributed by atoms with Gasteiger partial charge in [0.05, 0.1) is 0 Å². The molecule has 2 aromatic carbocycles. The molecule has 1 aromatic heterocycles. The molecule has 0 radical (unpaired) electrons. The summed E-state index contributed by atoms with van der Waals surface area (Å²) in [7, 11) is 0. The first-order valence-corrected chi connectivity index (χ1v) is 8.50. The molecule has 0 saturated heterocycles. The first-order chi connectivity index (χ1) is 13.5. The second-order valence-corrected chi connectivity index (χ2v) is 6.09. The van der Waals surface area contributed by atoms with Crippen LogP contribution in [0.5, 0.6) is 0 Å². The molecule has 0 unspecified atom stereocenters. The monoisotopic (exact) mass is 381 g/mol. The van der Waals surface area contributed by atoms with Crippen LogP contribution in [0.15, 0.2) is 60.8 Å². The van der Waals surface area contributed by atoms with Crippen molar-refractivity contribution < 1.29 is 18.4 Å². The predicted molar refractivity (Wildman–Crippen MR) is 101 cm³/mol. The van der Waals surface area contributed by atoms with Gasteiger partial charge in [0.25, 0.3) is 11.8 Å². The highest BCUT2D eigenvalue weighted by Crippen LogP contribution is 2.19. The Morgan fingerprint density at radius 2 is 1.68 bits per heavy atom. The lowest BCUT2D eigenvalue weighted by Crippen LogP contribution is -2.25. The number of hydrogen-bond acceptors (Lipinski definition) is 3. The number of carbonyl (C=O) groups excluding carboxylic acids is 2. The molecular formula is C21H17F2N3O2. The molecule has 5 nitrogen and oxygen atoms in total. The molecule has 3 aromatic rings. The largest absolute Gasteiger partial charge is 0.347 e. The molecule has 0 saturated carbocycles. The van der Waals surface area contributed by atoms with E-state index in [0.717, 1.165) is 23.3 Å². The summed E-state index contributed by atoms with van der Waals surface area (Å²) in [5.41, 5.74) is 1.53. The Hall–Kier alpha value is -3.61. The van der Waals surface area contributed by atoms with Crippen LogP contribution < -0.4 is 10.6 Å². The highest BCUT2D eigenvalue weighted by atomic mass is 19.1. The lowest BCUT2D eigenvalue weighted by Gasteiger charge is -2.09. The summed E-state index contributed by atoms with van der Waals surface area (Å²) in [5, 5.41) is 4.91. The number of anilines is 1. The summed E-state index contributed by atoms with van der Waals surface area (Å²) in [6.07, 6.45) is 1.29. The minimum atomic E-state index is -0.890. The minimum absolute atomic E-state index is 0.0234. The first kappa shape index (κ1) is 19.2. The molecule has 0 atom stereocenters. The molecule has 0 fully saturated rings. The second-order valence-electron chi connectivity index (χ2n) is 6.09. The van der Waals surface area contributed by atoms with Crippen LogP contribution in [0.25, 0.3) is 0 Å². The van der Waals surface area contributed by atoms with Crippen LogP contribution in [-0.2, 0) is 6.54 Å². The average molecular weight is 381 g/mol. The molecule has 2 amide bonds. The van der Waals surface area contributed by atoms with Crippen LogP contribution in [0, 0.1) is 18.6 Å². The van der Waals surface area contributed by atoms with Crippen molar-refractivity contribution in [1.82, 2.24) is 10.3 Å². The smallest absolute Gasteiger partial charge is 0.270 e. The highest BCUT2D eigenvalue weighted by molar-refractivity contribution is 6.05. The predicted octanol–water partition coefficient (Wildman–Crippen LogP) is 3.85. The van der Waals surface area contributed by atoms with Crippen molar-refractivity contribution in [1.29, 1.82) is 0 Å². The molecular weight excluding hydrogens is 364 g/mol. The van der Waals surface area contributed by atoms with Crippen molar-refractivity contribution in [3.63, 3.8) is 0 Å². The van der Waals surface area contributed by atoms with E-state index in [9.17, 15) is 18.4 Å². The lowest BCUT2D eigenvalue weighted by molar-refractivity contribution is 0.0946. The quantitative estimate of drug-likeness (QED) is 0.705. The van der Waals surface area contributed by atoms with Crippen LogP contribution in [0.2, 0.25) is 0 Å². The molecule has 7 heteroatoms. The Balaban J connectivity index is 1.72. The van der Waals surface area contributed by atoms with E-state index in [1.165, 1.54) is 24.4 Å². The lowest BCUT2D eigenvalue weighted by atomic mass is 10.1. The van der Waals surface area contributed by atoms with E-state index in [4.69, 9.17) is 0 Å². The third kappa shape index (κ3) is 4.37. The highest BCUT2D eigenvalue weighted by Gasteiger charge is 2.16. The van der Waals surface area contributed by atoms with E-state index < -0.39 is 29.1 Å². The van der Waals surface area contributed by atoms with Gasteiger partial charge >= 0.3 is 0 Å². The molecule has 0 aliphatic rings. The number of nitrogens with one attached hydrogen (secondary N) is 2. The summed E-state index contributed by atoms with van der Waals surface area (Å²) in [6.45, 7) is 2.25. The Kier molecular flexibility index (Phi) is 5.74. The first-order valence-electron chi connectivity index (χ1n) is 8.50. The van der Waals surface area contributed by atoms with Crippen molar-refractivity contribution in [3.8, 4) is 0 Å². The van der Waals surface area contributed by atoms with Gasteiger partial charge in [0, 0.05) is 18.3 Å². The normalized spacial score (nSPS) is 10.4. The van der Waals surface area contributed by atoms with Crippen molar-refractivity contribution in [2.45, 2.75) is 13.5 Å². The Labute approximate surface area is 160 Å². The molecule has 0 aliphatic heterocycles. The van der Waals surface area contributed by atoms with E-state index in [1.54, 1.807) is 0 Å². The van der Waals surface area contributed by atoms with Crippen LogP contribution >= 0.6 is 0 Å². The van der Waals surface area contributed by atoms with Crippen LogP contribution in [0.3, 0.4) is 0 Å². The van der Waals surface area contributed by atoms with E-state index in [1.807, 2.05) is 31.2 Å². The van der Waals surface area contributed by atoms with Gasteiger partial charge in [-0.15, -0.1) is 0 Å². The maximum Gasteiger partial charge on any atom is 0.270 e. The van der Waals surface area contributed by atoms with Crippen molar-refractivity contribution in [2.24, 2.45) is 0 Å². The molecule has 142 valence electrons. The summed E-state index contributed by atoms with van der Waals surface area (Å²) in [6, 6.07) is 13.5. The van der Waals surface area contributed by atoms with Crippen LogP contribution in [0.4, 0.5) is 14.5 Å². The van der Waals surface area contributed by atoms with E-state index in [0.29, 0.717) is 6.54 Å². The van der Waals surface area contributed by atoms with Gasteiger partial charge < -0.3 is 10.6 Å². The molecule has 28 heavy (non-hydrogen) atoms. The molecule has 0 bridgehead atoms. The fourth-order valence-corrected chi connectivity index (χ4v) is 2.57.